The SMILES string of the molecule is N#Cc1cc(NS(=O)(=O)c2cc(C(=O)O)ccc2C2CC2)c(OC2CCCC2O)cc1Cl. The van der Waals surface area contributed by atoms with E-state index in [4.69, 9.17) is 16.3 Å². The zero-order valence-corrected chi connectivity index (χ0v) is 18.5. The molecule has 0 bridgehead atoms. The number of halogens is 1. The Labute approximate surface area is 190 Å². The van der Waals surface area contributed by atoms with Gasteiger partial charge in [-0.25, -0.2) is 13.2 Å². The van der Waals surface area contributed by atoms with Crippen molar-refractivity contribution in [3.63, 3.8) is 0 Å². The molecular weight excluding hydrogens is 456 g/mol. The molecular formula is C22H21ClN2O6S. The van der Waals surface area contributed by atoms with E-state index in [2.05, 4.69) is 4.72 Å². The number of hydrogen-bond acceptors (Lipinski definition) is 6. The van der Waals surface area contributed by atoms with Gasteiger partial charge in [0.15, 0.2) is 0 Å². The molecule has 2 saturated carbocycles. The molecule has 32 heavy (non-hydrogen) atoms. The van der Waals surface area contributed by atoms with Gasteiger partial charge in [0.1, 0.15) is 17.9 Å². The number of nitrogens with one attached hydrogen (secondary N) is 1. The topological polar surface area (TPSA) is 137 Å². The van der Waals surface area contributed by atoms with Crippen LogP contribution in [0.25, 0.3) is 0 Å². The van der Waals surface area contributed by atoms with E-state index in [0.29, 0.717) is 18.4 Å². The van der Waals surface area contributed by atoms with Gasteiger partial charge in [0.2, 0.25) is 0 Å². The molecule has 0 aliphatic heterocycles. The number of aliphatic hydroxyl groups is 1. The molecule has 2 aliphatic rings. The van der Waals surface area contributed by atoms with Gasteiger partial charge in [-0.2, -0.15) is 5.26 Å². The highest BCUT2D eigenvalue weighted by Gasteiger charge is 2.33. The summed E-state index contributed by atoms with van der Waals surface area (Å²) in [4.78, 5) is 11.3. The lowest BCUT2D eigenvalue weighted by atomic mass is 10.1. The first kappa shape index (κ1) is 22.4. The third-order valence-corrected chi connectivity index (χ3v) is 7.43. The Bertz CT molecular complexity index is 1220. The monoisotopic (exact) mass is 476 g/mol. The van der Waals surface area contributed by atoms with Crippen molar-refractivity contribution < 1.29 is 28.2 Å². The number of carboxylic acids is 1. The van der Waals surface area contributed by atoms with Crippen molar-refractivity contribution >= 4 is 33.3 Å². The predicted molar refractivity (Wildman–Crippen MR) is 117 cm³/mol. The molecule has 2 aliphatic carbocycles. The fraction of sp³-hybridized carbons (Fsp3) is 0.364. The van der Waals surface area contributed by atoms with E-state index in [0.717, 1.165) is 25.3 Å². The maximum Gasteiger partial charge on any atom is 0.335 e. The molecule has 168 valence electrons. The van der Waals surface area contributed by atoms with Gasteiger partial charge >= 0.3 is 5.97 Å². The summed E-state index contributed by atoms with van der Waals surface area (Å²) in [6, 6.07) is 8.58. The zero-order chi connectivity index (χ0) is 23.0. The first-order chi connectivity index (χ1) is 15.2. The van der Waals surface area contributed by atoms with Crippen molar-refractivity contribution in [1.82, 2.24) is 0 Å². The number of benzene rings is 2. The highest BCUT2D eigenvalue weighted by Crippen LogP contribution is 2.44. The molecule has 0 amide bonds. The van der Waals surface area contributed by atoms with Crippen LogP contribution < -0.4 is 9.46 Å². The summed E-state index contributed by atoms with van der Waals surface area (Å²) >= 11 is 6.13. The van der Waals surface area contributed by atoms with E-state index in [-0.39, 0.29) is 38.4 Å². The number of ether oxygens (including phenoxy) is 1. The van der Waals surface area contributed by atoms with Gasteiger partial charge in [0, 0.05) is 6.07 Å². The van der Waals surface area contributed by atoms with E-state index in [1.807, 2.05) is 6.07 Å². The number of aromatic carboxylic acids is 1. The lowest BCUT2D eigenvalue weighted by Gasteiger charge is -2.21. The van der Waals surface area contributed by atoms with Crippen molar-refractivity contribution in [2.24, 2.45) is 0 Å². The fourth-order valence-electron chi connectivity index (χ4n) is 3.86. The molecule has 0 spiro atoms. The van der Waals surface area contributed by atoms with E-state index in [9.17, 15) is 28.7 Å². The molecule has 0 aromatic heterocycles. The lowest BCUT2D eigenvalue weighted by molar-refractivity contribution is 0.0609. The van der Waals surface area contributed by atoms with Crippen LogP contribution in [0.3, 0.4) is 0 Å². The summed E-state index contributed by atoms with van der Waals surface area (Å²) in [6.45, 7) is 0. The summed E-state index contributed by atoms with van der Waals surface area (Å²) in [7, 11) is -4.22. The van der Waals surface area contributed by atoms with Crippen LogP contribution in [-0.4, -0.2) is 36.8 Å². The Morgan fingerprint density at radius 1 is 1.19 bits per heavy atom. The van der Waals surface area contributed by atoms with E-state index < -0.39 is 28.2 Å². The van der Waals surface area contributed by atoms with Gasteiger partial charge in [-0.15, -0.1) is 0 Å². The molecule has 2 aromatic carbocycles. The molecule has 8 nitrogen and oxygen atoms in total. The Balaban J connectivity index is 1.75. The summed E-state index contributed by atoms with van der Waals surface area (Å²) in [5.74, 6) is -1.10. The number of nitrogens with zero attached hydrogens (tertiary/aromatic N) is 1. The molecule has 4 rings (SSSR count). The van der Waals surface area contributed by atoms with Gasteiger partial charge in [-0.3, -0.25) is 4.72 Å². The van der Waals surface area contributed by atoms with Gasteiger partial charge in [-0.05, 0) is 61.8 Å². The molecule has 3 N–H and O–H groups in total. The van der Waals surface area contributed by atoms with E-state index in [1.165, 1.54) is 24.3 Å². The average Bonchev–Trinajstić information content (AvgIpc) is 3.52. The highest BCUT2D eigenvalue weighted by molar-refractivity contribution is 7.92. The van der Waals surface area contributed by atoms with Gasteiger partial charge in [-0.1, -0.05) is 17.7 Å². The Kier molecular flexibility index (Phi) is 6.03. The minimum absolute atomic E-state index is 0.00692. The molecule has 2 aromatic rings. The summed E-state index contributed by atoms with van der Waals surface area (Å²) < 4.78 is 35.0. The molecule has 2 unspecified atom stereocenters. The maximum absolute atomic E-state index is 13.3. The molecule has 2 fully saturated rings. The number of hydrogen-bond donors (Lipinski definition) is 3. The predicted octanol–water partition coefficient (Wildman–Crippen LogP) is 3.88. The van der Waals surface area contributed by atoms with Gasteiger partial charge < -0.3 is 14.9 Å². The number of anilines is 1. The normalized spacial score (nSPS) is 20.5. The van der Waals surface area contributed by atoms with Crippen LogP contribution in [0.1, 0.15) is 59.5 Å². The summed E-state index contributed by atoms with van der Waals surface area (Å²) in [5.41, 5.74) is 0.442. The first-order valence-corrected chi connectivity index (χ1v) is 12.0. The molecule has 0 radical (unpaired) electrons. The Hall–Kier alpha value is -2.80. The molecule has 0 heterocycles. The fourth-order valence-corrected chi connectivity index (χ4v) is 5.44. The largest absolute Gasteiger partial charge is 0.485 e. The first-order valence-electron chi connectivity index (χ1n) is 10.2. The summed E-state index contributed by atoms with van der Waals surface area (Å²) in [6.07, 6.45) is 2.36. The molecule has 10 heteroatoms. The maximum atomic E-state index is 13.3. The highest BCUT2D eigenvalue weighted by atomic mass is 35.5. The standard InChI is InChI=1S/C22H21ClN2O6S/c23-16-10-20(31-19-3-1-2-18(19)26)17(8-14(16)11-24)25-32(29,30)21-9-13(22(27)28)6-7-15(21)12-4-5-12/h6-10,12,18-19,25-26H,1-5H2,(H,27,28). The van der Waals surface area contributed by atoms with Crippen LogP contribution in [-0.2, 0) is 10.0 Å². The van der Waals surface area contributed by atoms with Crippen LogP contribution in [0.5, 0.6) is 5.75 Å². The number of rotatable bonds is 7. The van der Waals surface area contributed by atoms with Crippen molar-refractivity contribution in [1.29, 1.82) is 5.26 Å². The third-order valence-electron chi connectivity index (χ3n) is 5.70. The zero-order valence-electron chi connectivity index (χ0n) is 16.9. The van der Waals surface area contributed by atoms with Crippen LogP contribution in [0.2, 0.25) is 5.02 Å². The van der Waals surface area contributed by atoms with E-state index >= 15 is 0 Å². The molecule has 2 atom stereocenters. The number of carbonyl (C=O) groups is 1. The average molecular weight is 477 g/mol. The van der Waals surface area contributed by atoms with Crippen molar-refractivity contribution in [3.05, 3.63) is 52.0 Å². The van der Waals surface area contributed by atoms with Crippen LogP contribution in [0.15, 0.2) is 35.2 Å². The number of nitriles is 1. The van der Waals surface area contributed by atoms with Gasteiger partial charge in [0.25, 0.3) is 10.0 Å². The number of sulfonamides is 1. The minimum atomic E-state index is -4.22. The number of aliphatic hydroxyl groups excluding tert-OH is 1. The smallest absolute Gasteiger partial charge is 0.335 e. The summed E-state index contributed by atoms with van der Waals surface area (Å²) in [5, 5.41) is 28.9. The lowest BCUT2D eigenvalue weighted by Crippen LogP contribution is -2.26. The van der Waals surface area contributed by atoms with Crippen molar-refractivity contribution in [3.8, 4) is 11.8 Å². The molecule has 0 saturated heterocycles. The number of carboxylic acid groups (broad SMARTS) is 1. The Morgan fingerprint density at radius 3 is 2.53 bits per heavy atom. The van der Waals surface area contributed by atoms with Gasteiger partial charge in [0.05, 0.1) is 32.8 Å². The Morgan fingerprint density at radius 2 is 1.94 bits per heavy atom. The van der Waals surface area contributed by atoms with Crippen molar-refractivity contribution in [2.75, 3.05) is 4.72 Å². The van der Waals surface area contributed by atoms with E-state index in [1.54, 1.807) is 0 Å². The second-order valence-electron chi connectivity index (χ2n) is 8.03. The minimum Gasteiger partial charge on any atom is -0.485 e. The van der Waals surface area contributed by atoms with Crippen LogP contribution in [0.4, 0.5) is 5.69 Å². The van der Waals surface area contributed by atoms with Crippen LogP contribution in [0, 0.1) is 11.3 Å². The quantitative estimate of drug-likeness (QED) is 0.551. The third kappa shape index (κ3) is 4.53. The van der Waals surface area contributed by atoms with Crippen molar-refractivity contribution in [2.45, 2.75) is 55.1 Å². The second-order valence-corrected chi connectivity index (χ2v) is 10.1. The second kappa shape index (κ2) is 8.62. The van der Waals surface area contributed by atoms with Crippen LogP contribution >= 0.6 is 11.6 Å².